The largest absolute Gasteiger partial charge is 0.462 e. The van der Waals surface area contributed by atoms with Crippen molar-refractivity contribution in [3.8, 4) is 17.5 Å². The fraction of sp³-hybridized carbons (Fsp3) is 0.222. The molecule has 1 atom stereocenters. The van der Waals surface area contributed by atoms with Crippen LogP contribution in [-0.2, 0) is 14.3 Å². The van der Waals surface area contributed by atoms with Crippen LogP contribution in [0.2, 0.25) is 0 Å². The SMILES string of the molecule is CCOC(=O)c1sc(NC(=O)C(CC)OC(=O)c2ccc3nc(-c4ccccc4)[nH]c3c2)c(C#N)c1C. The van der Waals surface area contributed by atoms with Crippen LogP contribution in [0.25, 0.3) is 22.4 Å². The van der Waals surface area contributed by atoms with Crippen molar-refractivity contribution in [1.29, 1.82) is 5.26 Å². The number of carbonyl (C=O) groups is 3. The lowest BCUT2D eigenvalue weighted by Crippen LogP contribution is -2.32. The van der Waals surface area contributed by atoms with E-state index in [4.69, 9.17) is 9.47 Å². The van der Waals surface area contributed by atoms with Crippen molar-refractivity contribution in [2.45, 2.75) is 33.3 Å². The number of esters is 2. The predicted molar refractivity (Wildman–Crippen MR) is 139 cm³/mol. The molecule has 0 radical (unpaired) electrons. The van der Waals surface area contributed by atoms with Crippen molar-refractivity contribution in [1.82, 2.24) is 9.97 Å². The summed E-state index contributed by atoms with van der Waals surface area (Å²) in [4.78, 5) is 46.0. The van der Waals surface area contributed by atoms with Crippen molar-refractivity contribution >= 4 is 45.2 Å². The van der Waals surface area contributed by atoms with Crippen LogP contribution in [0.5, 0.6) is 0 Å². The second-order valence-corrected chi connectivity index (χ2v) is 9.09. The zero-order valence-electron chi connectivity index (χ0n) is 20.5. The lowest BCUT2D eigenvalue weighted by molar-refractivity contribution is -0.124. The maximum absolute atomic E-state index is 12.9. The van der Waals surface area contributed by atoms with E-state index in [1.165, 1.54) is 0 Å². The Hall–Kier alpha value is -4.49. The minimum Gasteiger partial charge on any atom is -0.462 e. The van der Waals surface area contributed by atoms with Gasteiger partial charge in [0.15, 0.2) is 6.10 Å². The van der Waals surface area contributed by atoms with E-state index in [2.05, 4.69) is 15.3 Å². The number of nitrogens with one attached hydrogen (secondary N) is 2. The van der Waals surface area contributed by atoms with Gasteiger partial charge in [-0.3, -0.25) is 4.79 Å². The summed E-state index contributed by atoms with van der Waals surface area (Å²) in [7, 11) is 0. The summed E-state index contributed by atoms with van der Waals surface area (Å²) in [6, 6.07) is 16.5. The van der Waals surface area contributed by atoms with Gasteiger partial charge >= 0.3 is 11.9 Å². The number of thiophene rings is 1. The van der Waals surface area contributed by atoms with E-state index in [9.17, 15) is 19.6 Å². The van der Waals surface area contributed by atoms with Crippen molar-refractivity contribution in [3.05, 3.63) is 70.1 Å². The highest BCUT2D eigenvalue weighted by molar-refractivity contribution is 7.18. The molecule has 1 unspecified atom stereocenters. The van der Waals surface area contributed by atoms with Crippen LogP contribution in [0.3, 0.4) is 0 Å². The van der Waals surface area contributed by atoms with Gasteiger partial charge in [-0.25, -0.2) is 14.6 Å². The summed E-state index contributed by atoms with van der Waals surface area (Å²) in [6.07, 6.45) is -0.899. The first-order chi connectivity index (χ1) is 17.9. The summed E-state index contributed by atoms with van der Waals surface area (Å²) in [5.74, 6) is -1.16. The molecule has 0 aliphatic carbocycles. The van der Waals surface area contributed by atoms with Gasteiger partial charge in [-0.15, -0.1) is 11.3 Å². The molecule has 0 spiro atoms. The predicted octanol–water partition coefficient (Wildman–Crippen LogP) is 5.22. The van der Waals surface area contributed by atoms with Crippen molar-refractivity contribution in [2.75, 3.05) is 11.9 Å². The van der Waals surface area contributed by atoms with Crippen LogP contribution in [0.4, 0.5) is 5.00 Å². The molecule has 9 nitrogen and oxygen atoms in total. The molecule has 2 aromatic carbocycles. The Morgan fingerprint density at radius 2 is 1.89 bits per heavy atom. The van der Waals surface area contributed by atoms with Crippen LogP contribution in [0, 0.1) is 18.3 Å². The van der Waals surface area contributed by atoms with E-state index in [0.717, 1.165) is 16.9 Å². The first-order valence-corrected chi connectivity index (χ1v) is 12.5. The van der Waals surface area contributed by atoms with Crippen molar-refractivity contribution < 1.29 is 23.9 Å². The van der Waals surface area contributed by atoms with Gasteiger partial charge in [-0.2, -0.15) is 5.26 Å². The molecular weight excluding hydrogens is 492 g/mol. The van der Waals surface area contributed by atoms with Crippen LogP contribution in [0.1, 0.15) is 51.4 Å². The number of amides is 1. The van der Waals surface area contributed by atoms with Gasteiger partial charge in [0, 0.05) is 5.56 Å². The van der Waals surface area contributed by atoms with Crippen LogP contribution in [-0.4, -0.2) is 40.5 Å². The Labute approximate surface area is 217 Å². The van der Waals surface area contributed by atoms with Gasteiger partial charge in [0.05, 0.1) is 28.8 Å². The number of H-pyrrole nitrogens is 1. The molecule has 0 saturated heterocycles. The number of benzene rings is 2. The van der Waals surface area contributed by atoms with E-state index >= 15 is 0 Å². The number of carbonyl (C=O) groups excluding carboxylic acids is 3. The number of nitrogens with zero attached hydrogens (tertiary/aromatic N) is 2. The quantitative estimate of drug-likeness (QED) is 0.307. The van der Waals surface area contributed by atoms with E-state index in [1.54, 1.807) is 39.0 Å². The van der Waals surface area contributed by atoms with Crippen LogP contribution < -0.4 is 5.32 Å². The molecule has 2 N–H and O–H groups in total. The van der Waals surface area contributed by atoms with Crippen LogP contribution in [0.15, 0.2) is 48.5 Å². The lowest BCUT2D eigenvalue weighted by Gasteiger charge is -2.15. The number of ether oxygens (including phenoxy) is 2. The van der Waals surface area contributed by atoms with Gasteiger partial charge in [0.1, 0.15) is 21.8 Å². The molecule has 0 aliphatic heterocycles. The second-order valence-electron chi connectivity index (χ2n) is 8.07. The molecular formula is C27H24N4O5S. The molecule has 0 fully saturated rings. The van der Waals surface area contributed by atoms with E-state index in [1.807, 2.05) is 36.4 Å². The Morgan fingerprint density at radius 1 is 1.14 bits per heavy atom. The molecule has 37 heavy (non-hydrogen) atoms. The van der Waals surface area contributed by atoms with Crippen LogP contribution >= 0.6 is 11.3 Å². The maximum atomic E-state index is 12.9. The molecule has 4 rings (SSSR count). The van der Waals surface area contributed by atoms with E-state index in [-0.39, 0.29) is 34.0 Å². The molecule has 4 aromatic rings. The third kappa shape index (κ3) is 5.37. The molecule has 1 amide bonds. The van der Waals surface area contributed by atoms with Gasteiger partial charge in [-0.1, -0.05) is 37.3 Å². The number of aromatic nitrogens is 2. The highest BCUT2D eigenvalue weighted by Gasteiger charge is 2.27. The standard InChI is InChI=1S/C27H24N4O5S/c1-4-21(24(32)31-25-18(14-28)15(3)22(37-25)27(34)35-5-2)36-26(33)17-11-12-19-20(13-17)30-23(29-19)16-9-7-6-8-10-16/h6-13,21H,4-5H2,1-3H3,(H,29,30)(H,31,32). The zero-order valence-corrected chi connectivity index (χ0v) is 21.3. The Balaban J connectivity index is 1.50. The molecule has 0 saturated carbocycles. The second kappa shape index (κ2) is 11.1. The minimum atomic E-state index is -1.11. The molecule has 0 bridgehead atoms. The highest BCUT2D eigenvalue weighted by atomic mass is 32.1. The first-order valence-electron chi connectivity index (χ1n) is 11.6. The molecule has 2 heterocycles. The molecule has 10 heteroatoms. The minimum absolute atomic E-state index is 0.168. The fourth-order valence-electron chi connectivity index (χ4n) is 3.71. The Bertz CT molecular complexity index is 1520. The first kappa shape index (κ1) is 25.6. The highest BCUT2D eigenvalue weighted by Crippen LogP contribution is 2.33. The third-order valence-electron chi connectivity index (χ3n) is 5.63. The number of hydrogen-bond donors (Lipinski definition) is 2. The number of fused-ring (bicyclic) bond motifs is 1. The number of anilines is 1. The summed E-state index contributed by atoms with van der Waals surface area (Å²) in [5, 5.41) is 12.4. The van der Waals surface area contributed by atoms with Crippen molar-refractivity contribution in [2.24, 2.45) is 0 Å². The topological polar surface area (TPSA) is 134 Å². The lowest BCUT2D eigenvalue weighted by atomic mass is 10.1. The maximum Gasteiger partial charge on any atom is 0.348 e. The number of hydrogen-bond acceptors (Lipinski definition) is 8. The third-order valence-corrected chi connectivity index (χ3v) is 6.82. The number of aromatic amines is 1. The number of imidazole rings is 1. The number of nitriles is 1. The average molecular weight is 517 g/mol. The summed E-state index contributed by atoms with van der Waals surface area (Å²) in [6.45, 7) is 5.19. The summed E-state index contributed by atoms with van der Waals surface area (Å²) >= 11 is 0.952. The molecule has 0 aliphatic rings. The van der Waals surface area contributed by atoms with Gasteiger partial charge in [-0.05, 0) is 44.0 Å². The van der Waals surface area contributed by atoms with Crippen molar-refractivity contribution in [3.63, 3.8) is 0 Å². The Kier molecular flexibility index (Phi) is 7.65. The van der Waals surface area contributed by atoms with Gasteiger partial charge in [0.2, 0.25) is 0 Å². The zero-order chi connectivity index (χ0) is 26.5. The molecule has 188 valence electrons. The normalized spacial score (nSPS) is 11.5. The fourth-order valence-corrected chi connectivity index (χ4v) is 4.76. The van der Waals surface area contributed by atoms with Gasteiger partial charge < -0.3 is 19.8 Å². The number of rotatable bonds is 8. The average Bonchev–Trinajstić information content (AvgIpc) is 3.47. The van der Waals surface area contributed by atoms with E-state index in [0.29, 0.717) is 22.4 Å². The van der Waals surface area contributed by atoms with E-state index < -0.39 is 23.9 Å². The van der Waals surface area contributed by atoms with Gasteiger partial charge in [0.25, 0.3) is 5.91 Å². The Morgan fingerprint density at radius 3 is 2.57 bits per heavy atom. The monoisotopic (exact) mass is 516 g/mol. The summed E-state index contributed by atoms with van der Waals surface area (Å²) in [5.41, 5.74) is 3.11. The smallest absolute Gasteiger partial charge is 0.348 e. The summed E-state index contributed by atoms with van der Waals surface area (Å²) < 4.78 is 10.5. The molecule has 2 aromatic heterocycles.